The molecule has 32 heavy (non-hydrogen) atoms. The summed E-state index contributed by atoms with van der Waals surface area (Å²) in [5.41, 5.74) is 8.23. The Labute approximate surface area is 193 Å². The minimum atomic E-state index is 0.0553. The molecule has 162 valence electrons. The number of halogens is 1. The fourth-order valence-corrected chi connectivity index (χ4v) is 4.78. The third kappa shape index (κ3) is 3.43. The Morgan fingerprint density at radius 2 is 1.81 bits per heavy atom. The molecular weight excluding hydrogens is 418 g/mol. The van der Waals surface area contributed by atoms with Crippen LogP contribution >= 0.6 is 11.6 Å². The van der Waals surface area contributed by atoms with Crippen LogP contribution in [0.5, 0.6) is 0 Å². The lowest BCUT2D eigenvalue weighted by molar-refractivity contribution is -0.125. The maximum absolute atomic E-state index is 12.1. The highest BCUT2D eigenvalue weighted by molar-refractivity contribution is 6.32. The summed E-state index contributed by atoms with van der Waals surface area (Å²) in [5.74, 6) is 1.42. The molecule has 4 aromatic rings. The number of rotatable bonds is 5. The smallest absolute Gasteiger partial charge is 0.160 e. The number of carbonyl (C=O) groups is 1. The van der Waals surface area contributed by atoms with E-state index in [-0.39, 0.29) is 5.92 Å². The molecule has 4 nitrogen and oxygen atoms in total. The van der Waals surface area contributed by atoms with Crippen molar-refractivity contribution in [2.45, 2.75) is 52.5 Å². The van der Waals surface area contributed by atoms with E-state index < -0.39 is 0 Å². The topological polar surface area (TPSA) is 47.8 Å². The minimum absolute atomic E-state index is 0.0553. The molecule has 0 N–H and O–H groups in total. The predicted molar refractivity (Wildman–Crippen MR) is 129 cm³/mol. The number of aromatic nitrogens is 3. The number of aryl methyl sites for hydroxylation is 3. The van der Waals surface area contributed by atoms with Gasteiger partial charge in [-0.2, -0.15) is 0 Å². The maximum Gasteiger partial charge on any atom is 0.160 e. The second kappa shape index (κ2) is 8.18. The fourth-order valence-electron chi connectivity index (χ4n) is 4.65. The largest absolute Gasteiger partial charge is 0.308 e. The van der Waals surface area contributed by atoms with Gasteiger partial charge in [0.05, 0.1) is 17.3 Å². The molecule has 0 radical (unpaired) electrons. The van der Waals surface area contributed by atoms with Gasteiger partial charge in [0.25, 0.3) is 0 Å². The van der Waals surface area contributed by atoms with Crippen molar-refractivity contribution in [3.05, 3.63) is 81.8 Å². The second-order valence-corrected chi connectivity index (χ2v) is 9.00. The van der Waals surface area contributed by atoms with E-state index in [1.54, 1.807) is 0 Å². The van der Waals surface area contributed by atoms with Gasteiger partial charge in [-0.15, -0.1) is 0 Å². The second-order valence-electron chi connectivity index (χ2n) is 8.62. The summed E-state index contributed by atoms with van der Waals surface area (Å²) >= 11 is 6.42. The van der Waals surface area contributed by atoms with Crippen LogP contribution in [0.1, 0.15) is 53.9 Å². The standard InChI is InChI=1S/C27H26ClN3O/c1-4-24-30-26-16(2)25(28)17(3)29-27(26)31(24)15-18-9-11-19(12-10-18)20-7-5-6-8-21(20)22-13-14-23(22)32/h5-12,22H,4,13-15H2,1-3H3. The Balaban J connectivity index is 1.49. The first-order chi connectivity index (χ1) is 15.5. The zero-order chi connectivity index (χ0) is 22.4. The zero-order valence-corrected chi connectivity index (χ0v) is 19.4. The Kier molecular flexibility index (Phi) is 5.34. The van der Waals surface area contributed by atoms with Crippen molar-refractivity contribution in [3.8, 4) is 11.1 Å². The molecule has 0 aliphatic heterocycles. The molecule has 0 saturated heterocycles. The number of benzene rings is 2. The van der Waals surface area contributed by atoms with E-state index >= 15 is 0 Å². The molecule has 0 bridgehead atoms. The molecule has 1 aliphatic rings. The average Bonchev–Trinajstić information content (AvgIpc) is 3.14. The van der Waals surface area contributed by atoms with Crippen molar-refractivity contribution in [2.75, 3.05) is 0 Å². The first-order valence-electron chi connectivity index (χ1n) is 11.2. The average molecular weight is 444 g/mol. The molecule has 1 aliphatic carbocycles. The summed E-state index contributed by atoms with van der Waals surface area (Å²) in [6.45, 7) is 6.77. The Morgan fingerprint density at radius 1 is 1.06 bits per heavy atom. The molecule has 1 unspecified atom stereocenters. The van der Waals surface area contributed by atoms with Crippen LogP contribution in [0.25, 0.3) is 22.3 Å². The van der Waals surface area contributed by atoms with Crippen molar-refractivity contribution in [3.63, 3.8) is 0 Å². The number of nitrogens with zero attached hydrogens (tertiary/aromatic N) is 3. The number of Topliss-reactive ketones (excluding diaryl/α,β-unsaturated/α-hetero) is 1. The van der Waals surface area contributed by atoms with Crippen molar-refractivity contribution in [2.24, 2.45) is 0 Å². The van der Waals surface area contributed by atoms with Gasteiger partial charge in [0, 0.05) is 18.8 Å². The van der Waals surface area contributed by atoms with Gasteiger partial charge in [-0.25, -0.2) is 9.97 Å². The van der Waals surface area contributed by atoms with Crippen LogP contribution in [0.3, 0.4) is 0 Å². The number of imidazole rings is 1. The molecule has 0 spiro atoms. The maximum atomic E-state index is 12.1. The van der Waals surface area contributed by atoms with Crippen LogP contribution < -0.4 is 0 Å². The van der Waals surface area contributed by atoms with E-state index in [4.69, 9.17) is 21.6 Å². The van der Waals surface area contributed by atoms with Crippen molar-refractivity contribution >= 4 is 28.5 Å². The van der Waals surface area contributed by atoms with Crippen LogP contribution in [0.4, 0.5) is 0 Å². The minimum Gasteiger partial charge on any atom is -0.308 e. The van der Waals surface area contributed by atoms with Gasteiger partial charge in [0.2, 0.25) is 0 Å². The number of carbonyl (C=O) groups excluding carboxylic acids is 1. The summed E-state index contributed by atoms with van der Waals surface area (Å²) in [5, 5.41) is 0.692. The molecule has 2 aromatic carbocycles. The lowest BCUT2D eigenvalue weighted by atomic mass is 9.76. The molecule has 5 rings (SSSR count). The zero-order valence-electron chi connectivity index (χ0n) is 18.7. The monoisotopic (exact) mass is 443 g/mol. The predicted octanol–water partition coefficient (Wildman–Crippen LogP) is 6.43. The van der Waals surface area contributed by atoms with Crippen LogP contribution in [-0.2, 0) is 17.8 Å². The number of ketones is 1. The number of pyridine rings is 1. The molecular formula is C27H26ClN3O. The normalized spacial score (nSPS) is 15.9. The summed E-state index contributed by atoms with van der Waals surface area (Å²) in [7, 11) is 0. The van der Waals surface area contributed by atoms with Gasteiger partial charge in [0.1, 0.15) is 17.1 Å². The van der Waals surface area contributed by atoms with Gasteiger partial charge in [-0.05, 0) is 48.1 Å². The highest BCUT2D eigenvalue weighted by Crippen LogP contribution is 2.38. The van der Waals surface area contributed by atoms with Crippen molar-refractivity contribution in [1.82, 2.24) is 14.5 Å². The molecule has 2 heterocycles. The molecule has 1 atom stereocenters. The fraction of sp³-hybridized carbons (Fsp3) is 0.296. The van der Waals surface area contributed by atoms with Crippen molar-refractivity contribution in [1.29, 1.82) is 0 Å². The number of hydrogen-bond donors (Lipinski definition) is 0. The lowest BCUT2D eigenvalue weighted by Crippen LogP contribution is -2.23. The first kappa shape index (κ1) is 20.9. The number of hydrogen-bond acceptors (Lipinski definition) is 3. The molecule has 5 heteroatoms. The summed E-state index contributed by atoms with van der Waals surface area (Å²) in [4.78, 5) is 21.6. The Hall–Kier alpha value is -2.98. The molecule has 2 aromatic heterocycles. The van der Waals surface area contributed by atoms with E-state index in [1.165, 1.54) is 5.56 Å². The molecule has 0 amide bonds. The van der Waals surface area contributed by atoms with Crippen LogP contribution in [0.15, 0.2) is 48.5 Å². The quantitative estimate of drug-likeness (QED) is 0.357. The lowest BCUT2D eigenvalue weighted by Gasteiger charge is -2.26. The summed E-state index contributed by atoms with van der Waals surface area (Å²) < 4.78 is 2.20. The van der Waals surface area contributed by atoms with Gasteiger partial charge in [-0.1, -0.05) is 67.1 Å². The third-order valence-corrected chi connectivity index (χ3v) is 7.18. The SMILES string of the molecule is CCc1nc2c(C)c(Cl)c(C)nc2n1Cc1ccc(-c2ccccc2C2CCC2=O)cc1. The van der Waals surface area contributed by atoms with Crippen molar-refractivity contribution < 1.29 is 4.79 Å². The van der Waals surface area contributed by atoms with E-state index in [9.17, 15) is 4.79 Å². The molecule has 1 fully saturated rings. The van der Waals surface area contributed by atoms with E-state index in [0.717, 1.165) is 57.8 Å². The number of fused-ring (bicyclic) bond motifs is 1. The van der Waals surface area contributed by atoms with Gasteiger partial charge in [0.15, 0.2) is 5.65 Å². The Morgan fingerprint density at radius 3 is 2.47 bits per heavy atom. The first-order valence-corrected chi connectivity index (χ1v) is 11.6. The summed E-state index contributed by atoms with van der Waals surface area (Å²) in [6, 6.07) is 16.9. The highest BCUT2D eigenvalue weighted by atomic mass is 35.5. The van der Waals surface area contributed by atoms with Crippen LogP contribution in [-0.4, -0.2) is 20.3 Å². The third-order valence-electron chi connectivity index (χ3n) is 6.62. The van der Waals surface area contributed by atoms with E-state index in [2.05, 4.69) is 47.9 Å². The van der Waals surface area contributed by atoms with E-state index in [0.29, 0.717) is 23.8 Å². The van der Waals surface area contributed by atoms with Gasteiger partial charge >= 0.3 is 0 Å². The summed E-state index contributed by atoms with van der Waals surface area (Å²) in [6.07, 6.45) is 2.49. The Bertz CT molecular complexity index is 1340. The van der Waals surface area contributed by atoms with Gasteiger partial charge in [-0.3, -0.25) is 4.79 Å². The molecule has 1 saturated carbocycles. The highest BCUT2D eigenvalue weighted by Gasteiger charge is 2.31. The van der Waals surface area contributed by atoms with Crippen LogP contribution in [0, 0.1) is 13.8 Å². The van der Waals surface area contributed by atoms with Crippen LogP contribution in [0.2, 0.25) is 5.02 Å². The van der Waals surface area contributed by atoms with E-state index in [1.807, 2.05) is 26.0 Å². The van der Waals surface area contributed by atoms with Gasteiger partial charge < -0.3 is 4.57 Å².